The molecule has 0 bridgehead atoms. The minimum Gasteiger partial charge on any atom is -0.494 e. The Morgan fingerprint density at radius 1 is 1.27 bits per heavy atom. The number of ether oxygens (including phenoxy) is 1. The molecule has 1 aromatic carbocycles. The number of para-hydroxylation sites is 1. The number of nitrogens with one attached hydrogen (secondary N) is 2. The number of guanidine groups is 1. The van der Waals surface area contributed by atoms with Gasteiger partial charge in [-0.05, 0) is 57.7 Å². The van der Waals surface area contributed by atoms with Crippen LogP contribution in [0.5, 0.6) is 5.75 Å². The van der Waals surface area contributed by atoms with E-state index in [0.29, 0.717) is 13.2 Å². The predicted octanol–water partition coefficient (Wildman–Crippen LogP) is 3.26. The Labute approximate surface area is 159 Å². The van der Waals surface area contributed by atoms with E-state index in [9.17, 15) is 0 Å². The highest BCUT2D eigenvalue weighted by Gasteiger charge is 2.15. The monoisotopic (exact) mass is 360 g/mol. The van der Waals surface area contributed by atoms with Gasteiger partial charge < -0.3 is 20.3 Å². The molecule has 1 heterocycles. The van der Waals surface area contributed by atoms with Gasteiger partial charge in [-0.15, -0.1) is 0 Å². The van der Waals surface area contributed by atoms with E-state index >= 15 is 0 Å². The van der Waals surface area contributed by atoms with E-state index in [-0.39, 0.29) is 0 Å². The highest BCUT2D eigenvalue weighted by atomic mass is 16.5. The molecular weight excluding hydrogens is 324 g/mol. The van der Waals surface area contributed by atoms with Gasteiger partial charge in [-0.2, -0.15) is 0 Å². The van der Waals surface area contributed by atoms with Crippen molar-refractivity contribution in [2.24, 2.45) is 10.9 Å². The molecule has 0 spiro atoms. The maximum atomic E-state index is 5.68. The minimum atomic E-state index is 0.680. The fourth-order valence-corrected chi connectivity index (χ4v) is 3.50. The molecule has 1 aliphatic rings. The van der Waals surface area contributed by atoms with E-state index in [2.05, 4.69) is 33.5 Å². The van der Waals surface area contributed by atoms with Crippen LogP contribution >= 0.6 is 0 Å². The van der Waals surface area contributed by atoms with Crippen molar-refractivity contribution in [1.29, 1.82) is 0 Å². The lowest BCUT2D eigenvalue weighted by Gasteiger charge is -2.30. The molecule has 1 atom stereocenters. The molecule has 2 N–H and O–H groups in total. The second-order valence-corrected chi connectivity index (χ2v) is 7.15. The van der Waals surface area contributed by atoms with Crippen molar-refractivity contribution in [3.8, 4) is 5.75 Å². The summed E-state index contributed by atoms with van der Waals surface area (Å²) in [7, 11) is 1.82. The lowest BCUT2D eigenvalue weighted by atomic mass is 10.0. The van der Waals surface area contributed by atoms with Crippen LogP contribution in [0.4, 0.5) is 0 Å². The normalized spacial score (nSPS) is 18.6. The van der Waals surface area contributed by atoms with Crippen LogP contribution in [0.3, 0.4) is 0 Å². The third kappa shape index (κ3) is 7.24. The quantitative estimate of drug-likeness (QED) is 0.403. The van der Waals surface area contributed by atoms with Gasteiger partial charge in [0.15, 0.2) is 5.96 Å². The van der Waals surface area contributed by atoms with Gasteiger partial charge in [0.2, 0.25) is 0 Å². The largest absolute Gasteiger partial charge is 0.494 e. The molecule has 2 rings (SSSR count). The second kappa shape index (κ2) is 11.8. The Hall–Kier alpha value is -1.75. The molecule has 0 aliphatic carbocycles. The summed E-state index contributed by atoms with van der Waals surface area (Å²) in [4.78, 5) is 6.94. The molecule has 5 heteroatoms. The summed E-state index contributed by atoms with van der Waals surface area (Å²) in [5, 5.41) is 6.80. The van der Waals surface area contributed by atoms with Gasteiger partial charge in [-0.25, -0.2) is 0 Å². The standard InChI is InChI=1S/C21H36N4O/c1-4-26-20-12-6-5-11-19(20)16-24-21(22-3)23-13-7-8-14-25-15-9-10-18(2)17-25/h5-6,11-12,18H,4,7-10,13-17H2,1-3H3,(H2,22,23,24). The number of hydrogen-bond acceptors (Lipinski definition) is 3. The zero-order chi connectivity index (χ0) is 18.6. The highest BCUT2D eigenvalue weighted by molar-refractivity contribution is 5.79. The number of hydrogen-bond donors (Lipinski definition) is 2. The average molecular weight is 361 g/mol. The molecule has 0 saturated carbocycles. The van der Waals surface area contributed by atoms with E-state index in [1.807, 2.05) is 32.2 Å². The summed E-state index contributed by atoms with van der Waals surface area (Å²) in [5.74, 6) is 2.65. The highest BCUT2D eigenvalue weighted by Crippen LogP contribution is 2.17. The maximum absolute atomic E-state index is 5.68. The van der Waals surface area contributed by atoms with Crippen LogP contribution < -0.4 is 15.4 Å². The van der Waals surface area contributed by atoms with Crippen molar-refractivity contribution >= 4 is 5.96 Å². The smallest absolute Gasteiger partial charge is 0.191 e. The number of aliphatic imine (C=N–C) groups is 1. The number of rotatable bonds is 9. The Morgan fingerprint density at radius 3 is 2.88 bits per heavy atom. The first-order chi connectivity index (χ1) is 12.7. The van der Waals surface area contributed by atoms with Gasteiger partial charge in [-0.1, -0.05) is 25.1 Å². The molecule has 0 radical (unpaired) electrons. The molecule has 1 aliphatic heterocycles. The number of benzene rings is 1. The van der Waals surface area contributed by atoms with Crippen LogP contribution in [0, 0.1) is 5.92 Å². The van der Waals surface area contributed by atoms with Crippen LogP contribution in [-0.2, 0) is 6.54 Å². The summed E-state index contributed by atoms with van der Waals surface area (Å²) in [6.07, 6.45) is 5.16. The molecule has 1 fully saturated rings. The maximum Gasteiger partial charge on any atom is 0.191 e. The first-order valence-corrected chi connectivity index (χ1v) is 10.1. The van der Waals surface area contributed by atoms with Crippen molar-refractivity contribution in [1.82, 2.24) is 15.5 Å². The molecule has 1 aromatic rings. The molecule has 1 saturated heterocycles. The third-order valence-corrected chi connectivity index (χ3v) is 4.88. The summed E-state index contributed by atoms with van der Waals surface area (Å²) >= 11 is 0. The van der Waals surface area contributed by atoms with E-state index in [0.717, 1.165) is 29.7 Å². The fraction of sp³-hybridized carbons (Fsp3) is 0.667. The predicted molar refractivity (Wildman–Crippen MR) is 110 cm³/mol. The molecule has 26 heavy (non-hydrogen) atoms. The Balaban J connectivity index is 1.63. The van der Waals surface area contributed by atoms with Gasteiger partial charge in [0.25, 0.3) is 0 Å². The van der Waals surface area contributed by atoms with E-state index in [1.54, 1.807) is 0 Å². The van der Waals surface area contributed by atoms with Crippen LogP contribution in [0.15, 0.2) is 29.3 Å². The van der Waals surface area contributed by atoms with Crippen LogP contribution in [-0.4, -0.2) is 50.7 Å². The van der Waals surface area contributed by atoms with Crippen molar-refractivity contribution in [2.45, 2.75) is 46.1 Å². The van der Waals surface area contributed by atoms with E-state index < -0.39 is 0 Å². The molecular formula is C21H36N4O. The van der Waals surface area contributed by atoms with Gasteiger partial charge in [0.05, 0.1) is 6.61 Å². The molecule has 0 aromatic heterocycles. The van der Waals surface area contributed by atoms with E-state index in [1.165, 1.54) is 45.3 Å². The van der Waals surface area contributed by atoms with Gasteiger partial charge >= 0.3 is 0 Å². The van der Waals surface area contributed by atoms with Crippen LogP contribution in [0.25, 0.3) is 0 Å². The molecule has 0 amide bonds. The zero-order valence-electron chi connectivity index (χ0n) is 16.8. The zero-order valence-corrected chi connectivity index (χ0v) is 16.8. The summed E-state index contributed by atoms with van der Waals surface area (Å²) in [6, 6.07) is 8.14. The summed E-state index contributed by atoms with van der Waals surface area (Å²) in [6.45, 7) is 10.5. The first-order valence-electron chi connectivity index (χ1n) is 10.1. The molecule has 5 nitrogen and oxygen atoms in total. The topological polar surface area (TPSA) is 48.9 Å². The van der Waals surface area contributed by atoms with Crippen molar-refractivity contribution in [3.05, 3.63) is 29.8 Å². The van der Waals surface area contributed by atoms with Crippen LogP contribution in [0.2, 0.25) is 0 Å². The SMILES string of the molecule is CCOc1ccccc1CNC(=NC)NCCCCN1CCCC(C)C1. The second-order valence-electron chi connectivity index (χ2n) is 7.15. The van der Waals surface area contributed by atoms with Crippen molar-refractivity contribution in [3.63, 3.8) is 0 Å². The van der Waals surface area contributed by atoms with Gasteiger partial charge in [0.1, 0.15) is 5.75 Å². The molecule has 1 unspecified atom stereocenters. The van der Waals surface area contributed by atoms with Gasteiger partial charge in [0, 0.05) is 32.2 Å². The number of piperidine rings is 1. The van der Waals surface area contributed by atoms with Crippen molar-refractivity contribution < 1.29 is 4.74 Å². The van der Waals surface area contributed by atoms with E-state index in [4.69, 9.17) is 4.74 Å². The molecule has 146 valence electrons. The number of unbranched alkanes of at least 4 members (excludes halogenated alkanes) is 1. The number of nitrogens with zero attached hydrogens (tertiary/aromatic N) is 2. The fourth-order valence-electron chi connectivity index (χ4n) is 3.50. The number of likely N-dealkylation sites (tertiary alicyclic amines) is 1. The third-order valence-electron chi connectivity index (χ3n) is 4.88. The van der Waals surface area contributed by atoms with Gasteiger partial charge in [-0.3, -0.25) is 4.99 Å². The first kappa shape index (κ1) is 20.6. The Bertz CT molecular complexity index is 547. The lowest BCUT2D eigenvalue weighted by Crippen LogP contribution is -2.38. The van der Waals surface area contributed by atoms with Crippen molar-refractivity contribution in [2.75, 3.05) is 39.8 Å². The minimum absolute atomic E-state index is 0.680. The average Bonchev–Trinajstić information content (AvgIpc) is 2.65. The summed E-state index contributed by atoms with van der Waals surface area (Å²) in [5.41, 5.74) is 1.15. The summed E-state index contributed by atoms with van der Waals surface area (Å²) < 4.78 is 5.68. The Morgan fingerprint density at radius 2 is 2.12 bits per heavy atom. The van der Waals surface area contributed by atoms with Crippen LogP contribution in [0.1, 0.15) is 45.1 Å². The lowest BCUT2D eigenvalue weighted by molar-refractivity contribution is 0.181. The Kier molecular flexibility index (Phi) is 9.32.